The van der Waals surface area contributed by atoms with Crippen molar-refractivity contribution < 1.29 is 9.59 Å². The molecule has 8 heteroatoms. The largest absolute Gasteiger partial charge is 0.326 e. The highest BCUT2D eigenvalue weighted by Gasteiger charge is 2.11. The number of aromatic nitrogens is 3. The van der Waals surface area contributed by atoms with Gasteiger partial charge >= 0.3 is 0 Å². The van der Waals surface area contributed by atoms with Crippen molar-refractivity contribution in [2.75, 3.05) is 10.6 Å². The summed E-state index contributed by atoms with van der Waals surface area (Å²) >= 11 is 5.32. The van der Waals surface area contributed by atoms with E-state index in [-0.39, 0.29) is 18.2 Å². The van der Waals surface area contributed by atoms with Crippen molar-refractivity contribution in [3.05, 3.63) is 58.9 Å². The number of carbonyl (C=O) groups excluding carboxylic acids is 2. The van der Waals surface area contributed by atoms with E-state index in [4.69, 9.17) is 12.2 Å². The van der Waals surface area contributed by atoms with Gasteiger partial charge < -0.3 is 10.6 Å². The van der Waals surface area contributed by atoms with Gasteiger partial charge in [0.1, 0.15) is 0 Å². The fourth-order valence-corrected chi connectivity index (χ4v) is 3.08. The van der Waals surface area contributed by atoms with E-state index in [2.05, 4.69) is 20.8 Å². The van der Waals surface area contributed by atoms with Crippen LogP contribution in [0.15, 0.2) is 48.5 Å². The molecule has 0 aliphatic heterocycles. The van der Waals surface area contributed by atoms with Crippen LogP contribution in [0.1, 0.15) is 25.3 Å². The Balaban J connectivity index is 1.62. The SMILES string of the molecule is CCC(=O)Nc1ccc(NC(=O)CCn2c(-c3cccc(C)c3)n[nH]c2=S)cc1. The number of amides is 2. The Hall–Kier alpha value is -3.26. The van der Waals surface area contributed by atoms with Crippen LogP contribution in [0.5, 0.6) is 0 Å². The molecule has 0 atom stereocenters. The van der Waals surface area contributed by atoms with Crippen LogP contribution in [0.4, 0.5) is 11.4 Å². The Morgan fingerprint density at radius 1 is 1.07 bits per heavy atom. The van der Waals surface area contributed by atoms with E-state index in [1.54, 1.807) is 31.2 Å². The summed E-state index contributed by atoms with van der Waals surface area (Å²) in [5.41, 5.74) is 3.43. The summed E-state index contributed by atoms with van der Waals surface area (Å²) in [6, 6.07) is 15.0. The first-order valence-corrected chi connectivity index (χ1v) is 9.79. The topological polar surface area (TPSA) is 91.8 Å². The van der Waals surface area contributed by atoms with Crippen molar-refractivity contribution in [3.63, 3.8) is 0 Å². The molecule has 0 bridgehead atoms. The minimum absolute atomic E-state index is 0.0527. The third kappa shape index (κ3) is 5.39. The van der Waals surface area contributed by atoms with E-state index in [1.165, 1.54) is 0 Å². The van der Waals surface area contributed by atoms with Gasteiger partial charge in [0.25, 0.3) is 0 Å². The van der Waals surface area contributed by atoms with E-state index in [0.717, 1.165) is 11.1 Å². The Bertz CT molecular complexity index is 1070. The monoisotopic (exact) mass is 409 g/mol. The third-order valence-electron chi connectivity index (χ3n) is 4.37. The highest BCUT2D eigenvalue weighted by molar-refractivity contribution is 7.71. The lowest BCUT2D eigenvalue weighted by atomic mass is 10.1. The first-order valence-electron chi connectivity index (χ1n) is 9.38. The lowest BCUT2D eigenvalue weighted by Gasteiger charge is -2.09. The van der Waals surface area contributed by atoms with E-state index in [0.29, 0.717) is 34.9 Å². The fourth-order valence-electron chi connectivity index (χ4n) is 2.85. The van der Waals surface area contributed by atoms with Gasteiger partial charge in [-0.05, 0) is 49.5 Å². The van der Waals surface area contributed by atoms with Gasteiger partial charge in [-0.25, -0.2) is 0 Å². The zero-order valence-corrected chi connectivity index (χ0v) is 17.2. The van der Waals surface area contributed by atoms with E-state index >= 15 is 0 Å². The van der Waals surface area contributed by atoms with Gasteiger partial charge in [-0.3, -0.25) is 19.3 Å². The number of H-pyrrole nitrogens is 1. The highest BCUT2D eigenvalue weighted by atomic mass is 32.1. The number of aryl methyl sites for hydroxylation is 1. The van der Waals surface area contributed by atoms with Crippen LogP contribution in [0, 0.1) is 11.7 Å². The molecule has 2 aromatic carbocycles. The molecule has 0 aliphatic carbocycles. The highest BCUT2D eigenvalue weighted by Crippen LogP contribution is 2.19. The van der Waals surface area contributed by atoms with Crippen molar-refractivity contribution in [2.24, 2.45) is 0 Å². The van der Waals surface area contributed by atoms with Gasteiger partial charge in [-0.1, -0.05) is 30.7 Å². The number of benzene rings is 2. The first-order chi connectivity index (χ1) is 14.0. The van der Waals surface area contributed by atoms with Crippen molar-refractivity contribution in [1.82, 2.24) is 14.8 Å². The number of nitrogens with zero attached hydrogens (tertiary/aromatic N) is 2. The quantitative estimate of drug-likeness (QED) is 0.508. The van der Waals surface area contributed by atoms with E-state index in [1.807, 2.05) is 35.8 Å². The molecule has 0 unspecified atom stereocenters. The molecule has 0 saturated carbocycles. The zero-order chi connectivity index (χ0) is 20.8. The normalized spacial score (nSPS) is 10.6. The lowest BCUT2D eigenvalue weighted by molar-refractivity contribution is -0.117. The maximum Gasteiger partial charge on any atom is 0.226 e. The molecule has 29 heavy (non-hydrogen) atoms. The molecule has 7 nitrogen and oxygen atoms in total. The molecule has 0 saturated heterocycles. The zero-order valence-electron chi connectivity index (χ0n) is 16.4. The van der Waals surface area contributed by atoms with Gasteiger partial charge in [0.15, 0.2) is 10.6 Å². The van der Waals surface area contributed by atoms with Gasteiger partial charge in [0, 0.05) is 36.3 Å². The average molecular weight is 410 g/mol. The summed E-state index contributed by atoms with van der Waals surface area (Å²) in [6.07, 6.45) is 0.667. The Morgan fingerprint density at radius 2 is 1.72 bits per heavy atom. The molecule has 0 fully saturated rings. The number of hydrogen-bond donors (Lipinski definition) is 3. The molecule has 150 valence electrons. The number of anilines is 2. The smallest absolute Gasteiger partial charge is 0.226 e. The van der Waals surface area contributed by atoms with Crippen molar-refractivity contribution in [1.29, 1.82) is 0 Å². The van der Waals surface area contributed by atoms with Crippen molar-refractivity contribution in [2.45, 2.75) is 33.2 Å². The maximum atomic E-state index is 12.4. The minimum atomic E-state index is -0.131. The first kappa shape index (κ1) is 20.5. The molecule has 0 radical (unpaired) electrons. The predicted molar refractivity (Wildman–Crippen MR) is 116 cm³/mol. The van der Waals surface area contributed by atoms with Gasteiger partial charge in [-0.2, -0.15) is 5.10 Å². The van der Waals surface area contributed by atoms with Gasteiger partial charge in [-0.15, -0.1) is 0 Å². The van der Waals surface area contributed by atoms with Gasteiger partial charge in [0.05, 0.1) is 0 Å². The maximum absolute atomic E-state index is 12.4. The second-order valence-corrected chi connectivity index (χ2v) is 7.04. The van der Waals surface area contributed by atoms with Crippen LogP contribution in [0.25, 0.3) is 11.4 Å². The Labute approximate surface area is 174 Å². The second-order valence-electron chi connectivity index (χ2n) is 6.65. The summed E-state index contributed by atoms with van der Waals surface area (Å²) in [6.45, 7) is 4.22. The average Bonchev–Trinajstić information content (AvgIpc) is 3.08. The molecule has 0 spiro atoms. The number of hydrogen-bond acceptors (Lipinski definition) is 4. The summed E-state index contributed by atoms with van der Waals surface area (Å²) in [5, 5.41) is 12.7. The number of carbonyl (C=O) groups is 2. The molecular formula is C21H23N5O2S. The summed E-state index contributed by atoms with van der Waals surface area (Å²) in [7, 11) is 0. The summed E-state index contributed by atoms with van der Waals surface area (Å²) in [5.74, 6) is 0.527. The predicted octanol–water partition coefficient (Wildman–Crippen LogP) is 4.29. The van der Waals surface area contributed by atoms with Gasteiger partial charge in [0.2, 0.25) is 11.8 Å². The number of aromatic amines is 1. The van der Waals surface area contributed by atoms with Crippen molar-refractivity contribution in [3.8, 4) is 11.4 Å². The Kier molecular flexibility index (Phi) is 6.56. The molecular weight excluding hydrogens is 386 g/mol. The molecule has 0 aliphatic rings. The minimum Gasteiger partial charge on any atom is -0.326 e. The third-order valence-corrected chi connectivity index (χ3v) is 4.68. The number of rotatable bonds is 7. The molecule has 3 N–H and O–H groups in total. The number of nitrogens with one attached hydrogen (secondary N) is 3. The van der Waals surface area contributed by atoms with E-state index < -0.39 is 0 Å². The van der Waals surface area contributed by atoms with Crippen LogP contribution < -0.4 is 10.6 Å². The molecule has 3 rings (SSSR count). The lowest BCUT2D eigenvalue weighted by Crippen LogP contribution is -2.15. The summed E-state index contributed by atoms with van der Waals surface area (Å²) < 4.78 is 2.30. The molecule has 3 aromatic rings. The van der Waals surface area contributed by atoms with Crippen molar-refractivity contribution >= 4 is 35.4 Å². The van der Waals surface area contributed by atoms with Crippen LogP contribution in [0.3, 0.4) is 0 Å². The van der Waals surface area contributed by atoms with E-state index in [9.17, 15) is 9.59 Å². The van der Waals surface area contributed by atoms with Crippen LogP contribution in [-0.4, -0.2) is 26.6 Å². The van der Waals surface area contributed by atoms with Crippen LogP contribution in [-0.2, 0) is 16.1 Å². The fraction of sp³-hybridized carbons (Fsp3) is 0.238. The molecule has 1 aromatic heterocycles. The standard InChI is InChI=1S/C21H23N5O2S/c1-3-18(27)22-16-7-9-17(10-8-16)23-19(28)11-12-26-20(24-25-21(26)29)15-6-4-5-14(2)13-15/h4-10,13H,3,11-12H2,1-2H3,(H,22,27)(H,23,28)(H,25,29). The second kappa shape index (κ2) is 9.29. The molecule has 1 heterocycles. The summed E-state index contributed by atoms with van der Waals surface area (Å²) in [4.78, 5) is 23.8. The van der Waals surface area contributed by atoms with Crippen LogP contribution in [0.2, 0.25) is 0 Å². The van der Waals surface area contributed by atoms with Crippen LogP contribution >= 0.6 is 12.2 Å². The Morgan fingerprint density at radius 3 is 2.34 bits per heavy atom. The molecule has 2 amide bonds.